The second-order valence-corrected chi connectivity index (χ2v) is 9.17. The molecular formula is C11H8Cl3N3O4S2. The van der Waals surface area contributed by atoms with Crippen LogP contribution in [0.3, 0.4) is 0 Å². The number of nitrogens with one attached hydrogen (secondary N) is 1. The first kappa shape index (κ1) is 18.2. The molecule has 1 heterocycles. The Kier molecular flexibility index (Phi) is 5.07. The van der Waals surface area contributed by atoms with Crippen LogP contribution in [-0.4, -0.2) is 33.3 Å². The average molecular weight is 417 g/mol. The Morgan fingerprint density at radius 1 is 0.913 bits per heavy atom. The number of nitrogens with zero attached hydrogens (tertiary/aromatic N) is 2. The van der Waals surface area contributed by atoms with Gasteiger partial charge in [0.2, 0.25) is 0 Å². The molecule has 12 heteroatoms. The predicted molar refractivity (Wildman–Crippen MR) is 87.4 cm³/mol. The molecule has 0 aliphatic carbocycles. The summed E-state index contributed by atoms with van der Waals surface area (Å²) in [6.45, 7) is 0. The third-order valence-corrected chi connectivity index (χ3v) is 6.13. The molecule has 0 saturated carbocycles. The number of hydrogen-bond donors (Lipinski definition) is 1. The second-order valence-electron chi connectivity index (χ2n) is 4.33. The number of halogens is 3. The maximum absolute atomic E-state index is 12.4. The van der Waals surface area contributed by atoms with Crippen molar-refractivity contribution in [3.63, 3.8) is 0 Å². The quantitative estimate of drug-likeness (QED) is 0.821. The van der Waals surface area contributed by atoms with Crippen LogP contribution in [0, 0.1) is 0 Å². The van der Waals surface area contributed by atoms with Gasteiger partial charge in [-0.05, 0) is 24.3 Å². The Morgan fingerprint density at radius 2 is 1.52 bits per heavy atom. The number of sulfone groups is 1. The van der Waals surface area contributed by atoms with E-state index in [-0.39, 0.29) is 25.9 Å². The summed E-state index contributed by atoms with van der Waals surface area (Å²) in [6.07, 6.45) is 0.899. The number of hydrogen-bond acceptors (Lipinski definition) is 6. The molecule has 0 unspecified atom stereocenters. The molecule has 1 N–H and O–H groups in total. The van der Waals surface area contributed by atoms with Gasteiger partial charge in [-0.25, -0.2) is 16.8 Å². The Hall–Kier alpha value is -1.13. The molecule has 0 spiro atoms. The van der Waals surface area contributed by atoms with E-state index in [1.807, 2.05) is 0 Å². The van der Waals surface area contributed by atoms with Crippen LogP contribution in [0.15, 0.2) is 34.1 Å². The minimum Gasteiger partial charge on any atom is -0.262 e. The minimum absolute atomic E-state index is 0.0804. The van der Waals surface area contributed by atoms with Gasteiger partial charge in [-0.3, -0.25) is 4.72 Å². The van der Waals surface area contributed by atoms with E-state index in [9.17, 15) is 16.8 Å². The van der Waals surface area contributed by atoms with Crippen LogP contribution in [0.25, 0.3) is 0 Å². The van der Waals surface area contributed by atoms with Crippen LogP contribution < -0.4 is 4.72 Å². The highest BCUT2D eigenvalue weighted by molar-refractivity contribution is 7.93. The summed E-state index contributed by atoms with van der Waals surface area (Å²) in [5, 5.41) is 6.70. The summed E-state index contributed by atoms with van der Waals surface area (Å²) in [5.41, 5.74) is 0. The van der Waals surface area contributed by atoms with E-state index >= 15 is 0 Å². The van der Waals surface area contributed by atoms with E-state index in [0.717, 1.165) is 18.4 Å². The van der Waals surface area contributed by atoms with Gasteiger partial charge >= 0.3 is 0 Å². The van der Waals surface area contributed by atoms with Gasteiger partial charge in [0.15, 0.2) is 20.8 Å². The summed E-state index contributed by atoms with van der Waals surface area (Å²) in [5.74, 6) is -0.110. The van der Waals surface area contributed by atoms with Gasteiger partial charge in [0.1, 0.15) is 4.90 Å². The van der Waals surface area contributed by atoms with E-state index in [1.165, 1.54) is 12.1 Å². The molecule has 1 aromatic carbocycles. The van der Waals surface area contributed by atoms with Crippen LogP contribution in [0.1, 0.15) is 0 Å². The zero-order valence-corrected chi connectivity index (χ0v) is 15.2. The first-order valence-electron chi connectivity index (χ1n) is 5.72. The monoisotopic (exact) mass is 415 g/mol. The molecule has 0 fully saturated rings. The molecule has 2 aromatic rings. The minimum atomic E-state index is -4.21. The molecule has 0 aliphatic heterocycles. The molecule has 0 atom stereocenters. The fourth-order valence-corrected chi connectivity index (χ4v) is 4.68. The number of anilines is 1. The van der Waals surface area contributed by atoms with Gasteiger partial charge in [-0.2, -0.15) is 0 Å². The Balaban J connectivity index is 2.53. The first-order chi connectivity index (χ1) is 10.5. The maximum Gasteiger partial charge on any atom is 0.264 e. The Labute approximate surface area is 147 Å². The van der Waals surface area contributed by atoms with Crippen molar-refractivity contribution in [3.05, 3.63) is 39.5 Å². The van der Waals surface area contributed by atoms with Crippen molar-refractivity contribution in [2.75, 3.05) is 11.0 Å². The number of benzene rings is 1. The summed E-state index contributed by atoms with van der Waals surface area (Å²) >= 11 is 17.2. The molecule has 0 aliphatic rings. The molecule has 1 aromatic heterocycles. The van der Waals surface area contributed by atoms with Crippen molar-refractivity contribution in [1.82, 2.24) is 10.2 Å². The largest absolute Gasteiger partial charge is 0.264 e. The highest BCUT2D eigenvalue weighted by Gasteiger charge is 2.24. The average Bonchev–Trinajstić information content (AvgIpc) is 2.39. The molecule has 0 radical (unpaired) electrons. The molecule has 124 valence electrons. The molecule has 7 nitrogen and oxygen atoms in total. The maximum atomic E-state index is 12.4. The third kappa shape index (κ3) is 4.24. The fourth-order valence-electron chi connectivity index (χ4n) is 1.56. The summed E-state index contributed by atoms with van der Waals surface area (Å²) in [4.78, 5) is -0.813. The van der Waals surface area contributed by atoms with E-state index in [1.54, 1.807) is 0 Å². The van der Waals surface area contributed by atoms with Crippen molar-refractivity contribution in [1.29, 1.82) is 0 Å². The van der Waals surface area contributed by atoms with Gasteiger partial charge in [0.25, 0.3) is 10.0 Å². The highest BCUT2D eigenvalue weighted by atomic mass is 35.5. The topological polar surface area (TPSA) is 106 Å². The molecule has 23 heavy (non-hydrogen) atoms. The summed E-state index contributed by atoms with van der Waals surface area (Å²) in [7, 11) is -7.95. The Bertz CT molecular complexity index is 961. The summed E-state index contributed by atoms with van der Waals surface area (Å²) < 4.78 is 50.2. The SMILES string of the molecule is CS(=O)(=O)c1cc(S(=O)(=O)Nc2ccc(Cl)nn2)c(Cl)cc1Cl. The van der Waals surface area contributed by atoms with Crippen molar-refractivity contribution >= 4 is 60.5 Å². The van der Waals surface area contributed by atoms with Crippen molar-refractivity contribution in [2.24, 2.45) is 0 Å². The molecular weight excluding hydrogens is 409 g/mol. The van der Waals surface area contributed by atoms with Gasteiger partial charge in [-0.15, -0.1) is 10.2 Å². The van der Waals surface area contributed by atoms with Crippen LogP contribution >= 0.6 is 34.8 Å². The lowest BCUT2D eigenvalue weighted by Gasteiger charge is -2.11. The smallest absolute Gasteiger partial charge is 0.262 e. The first-order valence-corrected chi connectivity index (χ1v) is 10.2. The van der Waals surface area contributed by atoms with Gasteiger partial charge < -0.3 is 0 Å². The van der Waals surface area contributed by atoms with E-state index in [4.69, 9.17) is 34.8 Å². The molecule has 0 bridgehead atoms. The molecule has 0 amide bonds. The number of sulfonamides is 1. The van der Waals surface area contributed by atoms with E-state index < -0.39 is 24.8 Å². The lowest BCUT2D eigenvalue weighted by Crippen LogP contribution is -2.15. The second kappa shape index (κ2) is 6.40. The van der Waals surface area contributed by atoms with Crippen molar-refractivity contribution < 1.29 is 16.8 Å². The van der Waals surface area contributed by atoms with Crippen LogP contribution in [0.4, 0.5) is 5.82 Å². The highest BCUT2D eigenvalue weighted by Crippen LogP contribution is 2.32. The van der Waals surface area contributed by atoms with Crippen LogP contribution in [0.2, 0.25) is 15.2 Å². The van der Waals surface area contributed by atoms with Crippen LogP contribution in [0.5, 0.6) is 0 Å². The van der Waals surface area contributed by atoms with E-state index in [2.05, 4.69) is 14.9 Å². The standard InChI is InChI=1S/C11H8Cl3N3O4S2/c1-22(18,19)8-5-9(7(13)4-6(8)12)23(20,21)17-11-3-2-10(14)15-16-11/h2-5H,1H3,(H,16,17). The normalized spacial score (nSPS) is 12.2. The molecule has 0 saturated heterocycles. The van der Waals surface area contributed by atoms with Crippen LogP contribution in [-0.2, 0) is 19.9 Å². The number of rotatable bonds is 4. The zero-order valence-electron chi connectivity index (χ0n) is 11.3. The molecule has 2 rings (SSSR count). The number of aromatic nitrogens is 2. The zero-order chi connectivity index (χ0) is 17.4. The lowest BCUT2D eigenvalue weighted by molar-refractivity contribution is 0.599. The van der Waals surface area contributed by atoms with Gasteiger partial charge in [0, 0.05) is 6.26 Å². The Morgan fingerprint density at radius 3 is 2.04 bits per heavy atom. The lowest BCUT2D eigenvalue weighted by atomic mass is 10.3. The predicted octanol–water partition coefficient (Wildman–Crippen LogP) is 2.64. The summed E-state index contributed by atoms with van der Waals surface area (Å²) in [6, 6.07) is 4.54. The van der Waals surface area contributed by atoms with Gasteiger partial charge in [-0.1, -0.05) is 34.8 Å². The van der Waals surface area contributed by atoms with Crippen molar-refractivity contribution in [2.45, 2.75) is 9.79 Å². The van der Waals surface area contributed by atoms with Gasteiger partial charge in [0.05, 0.1) is 14.9 Å². The van der Waals surface area contributed by atoms with E-state index in [0.29, 0.717) is 0 Å². The van der Waals surface area contributed by atoms with Crippen molar-refractivity contribution in [3.8, 4) is 0 Å². The fraction of sp³-hybridized carbons (Fsp3) is 0.0909. The third-order valence-electron chi connectivity index (χ3n) is 2.55.